The quantitative estimate of drug-likeness (QED) is 0.473. The summed E-state index contributed by atoms with van der Waals surface area (Å²) in [6.45, 7) is 24.7. The van der Waals surface area contributed by atoms with Gasteiger partial charge in [-0.1, -0.05) is 27.7 Å². The highest BCUT2D eigenvalue weighted by Crippen LogP contribution is 2.40. The second-order valence-corrected chi connectivity index (χ2v) is 20.2. The van der Waals surface area contributed by atoms with Crippen LogP contribution in [0.2, 0.25) is 37.8 Å². The summed E-state index contributed by atoms with van der Waals surface area (Å²) >= 11 is 0. The van der Waals surface area contributed by atoms with E-state index in [0.717, 1.165) is 0 Å². The van der Waals surface area contributed by atoms with Gasteiger partial charge in [0.1, 0.15) is 5.60 Å². The van der Waals surface area contributed by atoms with E-state index in [9.17, 15) is 9.59 Å². The van der Waals surface area contributed by atoms with Crippen molar-refractivity contribution in [3.63, 3.8) is 0 Å². The van der Waals surface area contributed by atoms with Crippen LogP contribution < -0.4 is 5.32 Å². The monoisotopic (exact) mass is 415 g/mol. The molecule has 1 heterocycles. The molecule has 1 aliphatic heterocycles. The molecule has 0 radical (unpaired) electrons. The lowest BCUT2D eigenvalue weighted by Gasteiger charge is -2.47. The lowest BCUT2D eigenvalue weighted by molar-refractivity contribution is -0.148. The Bertz CT molecular complexity index is 576. The Labute approximate surface area is 168 Å². The molecule has 5 nitrogen and oxygen atoms in total. The van der Waals surface area contributed by atoms with Crippen LogP contribution in [0.5, 0.6) is 0 Å². The number of nitrogens with one attached hydrogen (secondary N) is 1. The Morgan fingerprint density at radius 1 is 1.04 bits per heavy atom. The number of carbonyl (C=O) groups is 2. The molecular formula is C20H41NO4Si2. The second kappa shape index (κ2) is 7.73. The van der Waals surface area contributed by atoms with Crippen molar-refractivity contribution in [1.82, 2.24) is 5.32 Å². The van der Waals surface area contributed by atoms with Gasteiger partial charge in [0.05, 0.1) is 18.1 Å². The van der Waals surface area contributed by atoms with E-state index >= 15 is 0 Å². The highest BCUT2D eigenvalue weighted by Gasteiger charge is 2.52. The fraction of sp³-hybridized carbons (Fsp3) is 0.900. The molecule has 1 fully saturated rings. The molecule has 0 aromatic rings. The van der Waals surface area contributed by atoms with Crippen molar-refractivity contribution in [2.24, 2.45) is 11.8 Å². The Morgan fingerprint density at radius 3 is 1.89 bits per heavy atom. The smallest absolute Gasteiger partial charge is 0.228 e. The SMILES string of the molecule is C[C@@H](O[Si](C)(C)C(C)(C)C)[C@H]1C(=O)N[C@@H]1[C@@H](C)C(=O)C(C)(C)O[Si](C)(C)C. The van der Waals surface area contributed by atoms with Gasteiger partial charge in [0.2, 0.25) is 5.91 Å². The minimum Gasteiger partial charge on any atom is -0.413 e. The number of amides is 1. The molecule has 0 aromatic heterocycles. The zero-order chi connectivity index (χ0) is 21.6. The van der Waals surface area contributed by atoms with Crippen LogP contribution in [-0.4, -0.2) is 46.1 Å². The molecule has 1 saturated heterocycles. The fourth-order valence-electron chi connectivity index (χ4n) is 3.60. The Hall–Kier alpha value is -0.506. The molecule has 7 heteroatoms. The van der Waals surface area contributed by atoms with Crippen LogP contribution in [0.3, 0.4) is 0 Å². The first-order chi connectivity index (χ1) is 11.8. The standard InChI is InChI=1S/C20H41NO4Si2/c1-13(17(22)20(6,7)25-26(8,9)10)16-15(18(23)21-16)14(2)24-27(11,12)19(3,4)5/h13-16H,1-12H3,(H,21,23)/t13-,14-,15-,16-/m1/s1. The second-order valence-electron chi connectivity index (χ2n) is 11.0. The number of rotatable bonds is 8. The minimum absolute atomic E-state index is 0.0187. The Morgan fingerprint density at radius 2 is 1.52 bits per heavy atom. The molecule has 1 aliphatic rings. The number of carbonyl (C=O) groups excluding carboxylic acids is 2. The molecule has 0 aromatic carbocycles. The highest BCUT2D eigenvalue weighted by atomic mass is 28.4. The lowest BCUT2D eigenvalue weighted by atomic mass is 9.75. The van der Waals surface area contributed by atoms with Crippen LogP contribution in [0.1, 0.15) is 48.5 Å². The number of Topliss-reactive ketones (excluding diaryl/α,β-unsaturated/α-hetero) is 1. The van der Waals surface area contributed by atoms with E-state index in [2.05, 4.69) is 58.8 Å². The van der Waals surface area contributed by atoms with Crippen LogP contribution in [0.15, 0.2) is 0 Å². The zero-order valence-corrected chi connectivity index (χ0v) is 21.4. The van der Waals surface area contributed by atoms with E-state index in [1.54, 1.807) is 0 Å². The van der Waals surface area contributed by atoms with E-state index in [4.69, 9.17) is 8.85 Å². The van der Waals surface area contributed by atoms with E-state index in [1.807, 2.05) is 27.7 Å². The average Bonchev–Trinajstić information content (AvgIpc) is 2.38. The van der Waals surface area contributed by atoms with E-state index < -0.39 is 22.2 Å². The van der Waals surface area contributed by atoms with Gasteiger partial charge in [-0.05, 0) is 58.5 Å². The average molecular weight is 416 g/mol. The molecule has 1 rings (SSSR count). The first-order valence-electron chi connectivity index (χ1n) is 10.0. The van der Waals surface area contributed by atoms with Crippen LogP contribution in [-0.2, 0) is 18.4 Å². The molecule has 158 valence electrons. The number of ketones is 1. The molecular weight excluding hydrogens is 374 g/mol. The van der Waals surface area contributed by atoms with Crippen molar-refractivity contribution in [3.8, 4) is 0 Å². The lowest BCUT2D eigenvalue weighted by Crippen LogP contribution is -2.68. The van der Waals surface area contributed by atoms with Gasteiger partial charge in [-0.2, -0.15) is 0 Å². The van der Waals surface area contributed by atoms with Crippen molar-refractivity contribution in [1.29, 1.82) is 0 Å². The Kier molecular flexibility index (Phi) is 7.02. The topological polar surface area (TPSA) is 64.6 Å². The summed E-state index contributed by atoms with van der Waals surface area (Å²) in [5.74, 6) is -0.584. The molecule has 0 saturated carbocycles. The third-order valence-electron chi connectivity index (χ3n) is 5.90. The summed E-state index contributed by atoms with van der Waals surface area (Å²) < 4.78 is 12.6. The predicted molar refractivity (Wildman–Crippen MR) is 116 cm³/mol. The third-order valence-corrected chi connectivity index (χ3v) is 11.6. The normalized spacial score (nSPS) is 24.1. The van der Waals surface area contributed by atoms with Gasteiger partial charge in [-0.3, -0.25) is 9.59 Å². The maximum absolute atomic E-state index is 13.1. The predicted octanol–water partition coefficient (Wildman–Crippen LogP) is 4.35. The first-order valence-corrected chi connectivity index (χ1v) is 16.3. The molecule has 1 amide bonds. The van der Waals surface area contributed by atoms with Crippen molar-refractivity contribution in [2.45, 2.75) is 104 Å². The van der Waals surface area contributed by atoms with Gasteiger partial charge in [-0.15, -0.1) is 0 Å². The molecule has 0 bridgehead atoms. The molecule has 27 heavy (non-hydrogen) atoms. The minimum atomic E-state index is -1.99. The summed E-state index contributed by atoms with van der Waals surface area (Å²) in [7, 11) is -3.85. The molecule has 0 spiro atoms. The van der Waals surface area contributed by atoms with Crippen LogP contribution >= 0.6 is 0 Å². The van der Waals surface area contributed by atoms with Crippen LogP contribution in [0, 0.1) is 11.8 Å². The molecule has 4 atom stereocenters. The van der Waals surface area contributed by atoms with Gasteiger partial charge in [0.15, 0.2) is 22.4 Å². The van der Waals surface area contributed by atoms with Gasteiger partial charge < -0.3 is 14.2 Å². The van der Waals surface area contributed by atoms with Crippen LogP contribution in [0.4, 0.5) is 0 Å². The van der Waals surface area contributed by atoms with E-state index in [0.29, 0.717) is 0 Å². The number of β-lactam (4-membered cyclic amide) rings is 1. The van der Waals surface area contributed by atoms with Crippen molar-refractivity contribution in [2.75, 3.05) is 0 Å². The van der Waals surface area contributed by atoms with Crippen LogP contribution in [0.25, 0.3) is 0 Å². The first kappa shape index (κ1) is 24.5. The van der Waals surface area contributed by atoms with Crippen molar-refractivity contribution >= 4 is 28.3 Å². The molecule has 1 N–H and O–H groups in total. The molecule has 0 aliphatic carbocycles. The van der Waals surface area contributed by atoms with Gasteiger partial charge in [-0.25, -0.2) is 0 Å². The summed E-state index contributed by atoms with van der Waals surface area (Å²) in [4.78, 5) is 25.4. The largest absolute Gasteiger partial charge is 0.413 e. The summed E-state index contributed by atoms with van der Waals surface area (Å²) in [6, 6.07) is -0.200. The Balaban J connectivity index is 2.92. The van der Waals surface area contributed by atoms with Gasteiger partial charge in [0, 0.05) is 5.92 Å². The van der Waals surface area contributed by atoms with Crippen molar-refractivity contribution in [3.05, 3.63) is 0 Å². The van der Waals surface area contributed by atoms with E-state index in [1.165, 1.54) is 0 Å². The van der Waals surface area contributed by atoms with Gasteiger partial charge in [0.25, 0.3) is 0 Å². The number of hydrogen-bond donors (Lipinski definition) is 1. The summed E-state index contributed by atoms with van der Waals surface area (Å²) in [5.41, 5.74) is -0.849. The zero-order valence-electron chi connectivity index (χ0n) is 19.4. The van der Waals surface area contributed by atoms with Gasteiger partial charge >= 0.3 is 0 Å². The van der Waals surface area contributed by atoms with E-state index in [-0.39, 0.29) is 40.7 Å². The maximum atomic E-state index is 13.1. The third kappa shape index (κ3) is 5.74. The summed E-state index contributed by atoms with van der Waals surface area (Å²) in [6.07, 6.45) is -0.207. The molecule has 0 unspecified atom stereocenters. The maximum Gasteiger partial charge on any atom is 0.228 e. The fourth-order valence-corrected chi connectivity index (χ4v) is 6.66. The highest BCUT2D eigenvalue weighted by molar-refractivity contribution is 6.74. The summed E-state index contributed by atoms with van der Waals surface area (Å²) in [5, 5.41) is 3.02. The number of hydrogen-bond acceptors (Lipinski definition) is 4. The van der Waals surface area contributed by atoms with Crippen molar-refractivity contribution < 1.29 is 18.4 Å².